The molecule has 0 saturated heterocycles. The zero-order valence-electron chi connectivity index (χ0n) is 11.7. The molecule has 0 bridgehead atoms. The van der Waals surface area contributed by atoms with Crippen molar-refractivity contribution >= 4 is 27.8 Å². The van der Waals surface area contributed by atoms with Crippen LogP contribution in [0.1, 0.15) is 41.4 Å². The first-order valence-electron chi connectivity index (χ1n) is 6.74. The van der Waals surface area contributed by atoms with Crippen molar-refractivity contribution in [1.29, 1.82) is 5.26 Å². The first-order chi connectivity index (χ1) is 9.62. The lowest BCUT2D eigenvalue weighted by Crippen LogP contribution is -2.23. The maximum absolute atomic E-state index is 12.2. The Morgan fingerprint density at radius 1 is 1.65 bits per heavy atom. The SMILES string of the molecule is CCC(COC)Nc1sc(C(=O)C2CC2)c(N)c1C#N. The fraction of sp³-hybridized carbons (Fsp3) is 0.571. The molecule has 1 aliphatic carbocycles. The lowest BCUT2D eigenvalue weighted by Gasteiger charge is -2.15. The first kappa shape index (κ1) is 14.8. The van der Waals surface area contributed by atoms with Crippen molar-refractivity contribution in [3.8, 4) is 6.07 Å². The van der Waals surface area contributed by atoms with Crippen molar-refractivity contribution in [2.75, 3.05) is 24.8 Å². The molecule has 6 heteroatoms. The van der Waals surface area contributed by atoms with Gasteiger partial charge in [0.15, 0.2) is 5.78 Å². The van der Waals surface area contributed by atoms with Crippen LogP contribution in [-0.2, 0) is 4.74 Å². The Bertz CT molecular complexity index is 543. The first-order valence-corrected chi connectivity index (χ1v) is 7.56. The van der Waals surface area contributed by atoms with E-state index in [2.05, 4.69) is 11.4 Å². The quantitative estimate of drug-likeness (QED) is 0.754. The number of carbonyl (C=O) groups is 1. The van der Waals surface area contributed by atoms with Crippen LogP contribution in [0.25, 0.3) is 0 Å². The Balaban J connectivity index is 2.26. The summed E-state index contributed by atoms with van der Waals surface area (Å²) in [5.74, 6) is 0.188. The van der Waals surface area contributed by atoms with Gasteiger partial charge < -0.3 is 15.8 Å². The number of nitriles is 1. The summed E-state index contributed by atoms with van der Waals surface area (Å²) >= 11 is 1.29. The van der Waals surface area contributed by atoms with E-state index in [4.69, 9.17) is 10.5 Å². The highest BCUT2D eigenvalue weighted by Gasteiger charge is 2.34. The second-order valence-electron chi connectivity index (χ2n) is 5.00. The minimum Gasteiger partial charge on any atom is -0.396 e. The molecule has 20 heavy (non-hydrogen) atoms. The number of carbonyl (C=O) groups excluding carboxylic acids is 1. The Morgan fingerprint density at radius 3 is 2.85 bits per heavy atom. The standard InChI is InChI=1S/C14H19N3O2S/c1-3-9(7-19-2)17-14-10(6-15)11(16)13(20-14)12(18)8-4-5-8/h8-9,17H,3-5,7,16H2,1-2H3. The van der Waals surface area contributed by atoms with Crippen molar-refractivity contribution < 1.29 is 9.53 Å². The van der Waals surface area contributed by atoms with E-state index in [9.17, 15) is 10.1 Å². The molecular weight excluding hydrogens is 274 g/mol. The van der Waals surface area contributed by atoms with E-state index in [1.807, 2.05) is 6.92 Å². The van der Waals surface area contributed by atoms with Gasteiger partial charge in [-0.1, -0.05) is 6.92 Å². The molecule has 0 spiro atoms. The van der Waals surface area contributed by atoms with Crippen molar-refractivity contribution in [3.05, 3.63) is 10.4 Å². The Hall–Kier alpha value is -1.58. The summed E-state index contributed by atoms with van der Waals surface area (Å²) in [7, 11) is 1.64. The fourth-order valence-electron chi connectivity index (χ4n) is 2.02. The molecule has 1 atom stereocenters. The summed E-state index contributed by atoms with van der Waals surface area (Å²) in [4.78, 5) is 12.7. The number of methoxy groups -OCH3 is 1. The normalized spacial score (nSPS) is 15.7. The number of rotatable bonds is 7. The molecule has 1 aromatic heterocycles. The summed E-state index contributed by atoms with van der Waals surface area (Å²) in [6, 6.07) is 2.21. The minimum atomic E-state index is 0.0804. The highest BCUT2D eigenvalue weighted by atomic mass is 32.1. The Labute approximate surface area is 122 Å². The third-order valence-corrected chi connectivity index (χ3v) is 4.58. The smallest absolute Gasteiger partial charge is 0.178 e. The van der Waals surface area contributed by atoms with Crippen molar-refractivity contribution in [1.82, 2.24) is 0 Å². The van der Waals surface area contributed by atoms with Gasteiger partial charge in [0.1, 0.15) is 16.6 Å². The lowest BCUT2D eigenvalue weighted by atomic mass is 10.1. The number of ether oxygens (including phenoxy) is 1. The lowest BCUT2D eigenvalue weighted by molar-refractivity contribution is 0.0972. The summed E-state index contributed by atoms with van der Waals surface area (Å²) < 4.78 is 5.13. The van der Waals surface area contributed by atoms with Gasteiger partial charge in [-0.3, -0.25) is 4.79 Å². The van der Waals surface area contributed by atoms with Crippen LogP contribution in [0.2, 0.25) is 0 Å². The predicted octanol–water partition coefficient (Wildman–Crippen LogP) is 2.63. The van der Waals surface area contributed by atoms with Crippen LogP contribution in [0.3, 0.4) is 0 Å². The second-order valence-corrected chi connectivity index (χ2v) is 6.02. The molecule has 0 aliphatic heterocycles. The molecule has 0 amide bonds. The molecule has 5 nitrogen and oxygen atoms in total. The molecule has 0 aromatic carbocycles. The number of hydrogen-bond acceptors (Lipinski definition) is 6. The Morgan fingerprint density at radius 2 is 2.35 bits per heavy atom. The maximum Gasteiger partial charge on any atom is 0.178 e. The highest BCUT2D eigenvalue weighted by Crippen LogP contribution is 2.41. The third kappa shape index (κ3) is 2.94. The van der Waals surface area contributed by atoms with Gasteiger partial charge in [0.25, 0.3) is 0 Å². The van der Waals surface area contributed by atoms with E-state index in [0.717, 1.165) is 19.3 Å². The van der Waals surface area contributed by atoms with Crippen LogP contribution in [0.5, 0.6) is 0 Å². The number of thiophene rings is 1. The predicted molar refractivity (Wildman–Crippen MR) is 80.1 cm³/mol. The van der Waals surface area contributed by atoms with Gasteiger partial charge in [0.05, 0.1) is 17.2 Å². The molecule has 1 unspecified atom stereocenters. The summed E-state index contributed by atoms with van der Waals surface area (Å²) in [5.41, 5.74) is 6.67. The van der Waals surface area contributed by atoms with E-state index in [0.29, 0.717) is 27.7 Å². The van der Waals surface area contributed by atoms with Gasteiger partial charge in [-0.15, -0.1) is 11.3 Å². The van der Waals surface area contributed by atoms with Crippen LogP contribution in [0.4, 0.5) is 10.7 Å². The van der Waals surface area contributed by atoms with Gasteiger partial charge in [0, 0.05) is 19.1 Å². The van der Waals surface area contributed by atoms with Crippen molar-refractivity contribution in [3.63, 3.8) is 0 Å². The van der Waals surface area contributed by atoms with Gasteiger partial charge in [-0.05, 0) is 19.3 Å². The number of nitrogens with one attached hydrogen (secondary N) is 1. The molecule has 2 rings (SSSR count). The van der Waals surface area contributed by atoms with E-state index >= 15 is 0 Å². The second kappa shape index (κ2) is 6.25. The zero-order valence-corrected chi connectivity index (χ0v) is 12.5. The average Bonchev–Trinajstić information content (AvgIpc) is 3.23. The van der Waals surface area contributed by atoms with E-state index < -0.39 is 0 Å². The molecule has 108 valence electrons. The van der Waals surface area contributed by atoms with Gasteiger partial charge in [-0.25, -0.2) is 0 Å². The molecular formula is C14H19N3O2S. The van der Waals surface area contributed by atoms with E-state index in [1.165, 1.54) is 11.3 Å². The van der Waals surface area contributed by atoms with Gasteiger partial charge in [0.2, 0.25) is 0 Å². The average molecular weight is 293 g/mol. The van der Waals surface area contributed by atoms with Crippen LogP contribution in [0, 0.1) is 17.2 Å². The number of nitrogens with two attached hydrogens (primary N) is 1. The number of nitrogens with zero attached hydrogens (tertiary/aromatic N) is 1. The molecule has 3 N–H and O–H groups in total. The van der Waals surface area contributed by atoms with Gasteiger partial charge >= 0.3 is 0 Å². The number of nitrogen functional groups attached to an aromatic ring is 1. The molecule has 0 radical (unpaired) electrons. The van der Waals surface area contributed by atoms with E-state index in [1.54, 1.807) is 7.11 Å². The Kier molecular flexibility index (Phi) is 4.63. The third-order valence-electron chi connectivity index (χ3n) is 3.42. The molecule has 1 saturated carbocycles. The fourth-order valence-corrected chi connectivity index (χ4v) is 3.19. The monoisotopic (exact) mass is 293 g/mol. The van der Waals surface area contributed by atoms with Crippen LogP contribution in [0.15, 0.2) is 0 Å². The van der Waals surface area contributed by atoms with E-state index in [-0.39, 0.29) is 17.7 Å². The molecule has 1 aromatic rings. The van der Waals surface area contributed by atoms with Crippen LogP contribution >= 0.6 is 11.3 Å². The van der Waals surface area contributed by atoms with Crippen molar-refractivity contribution in [2.24, 2.45) is 5.92 Å². The molecule has 1 heterocycles. The largest absolute Gasteiger partial charge is 0.396 e. The summed E-state index contributed by atoms with van der Waals surface area (Å²) in [6.07, 6.45) is 2.73. The number of Topliss-reactive ketones (excluding diaryl/α,β-unsaturated/α-hetero) is 1. The highest BCUT2D eigenvalue weighted by molar-refractivity contribution is 7.19. The molecule has 1 aliphatic rings. The topological polar surface area (TPSA) is 88.1 Å². The summed E-state index contributed by atoms with van der Waals surface area (Å²) in [5, 5.41) is 13.2. The van der Waals surface area contributed by atoms with Gasteiger partial charge in [-0.2, -0.15) is 5.26 Å². The minimum absolute atomic E-state index is 0.0804. The summed E-state index contributed by atoms with van der Waals surface area (Å²) in [6.45, 7) is 2.58. The number of anilines is 2. The van der Waals surface area contributed by atoms with Crippen molar-refractivity contribution in [2.45, 2.75) is 32.2 Å². The van der Waals surface area contributed by atoms with Crippen LogP contribution in [-0.4, -0.2) is 25.5 Å². The zero-order chi connectivity index (χ0) is 14.7. The number of hydrogen-bond donors (Lipinski definition) is 2. The molecule has 1 fully saturated rings. The number of ketones is 1. The maximum atomic E-state index is 12.2. The van der Waals surface area contributed by atoms with Crippen LogP contribution < -0.4 is 11.1 Å².